The van der Waals surface area contributed by atoms with Gasteiger partial charge in [0.1, 0.15) is 5.75 Å². The van der Waals surface area contributed by atoms with Gasteiger partial charge in [-0.3, -0.25) is 14.3 Å². The minimum absolute atomic E-state index is 0.0258. The summed E-state index contributed by atoms with van der Waals surface area (Å²) >= 11 is 0. The molecule has 6 nitrogen and oxygen atoms in total. The summed E-state index contributed by atoms with van der Waals surface area (Å²) in [5, 5.41) is 12.7. The van der Waals surface area contributed by atoms with Crippen molar-refractivity contribution in [2.45, 2.75) is 0 Å². The van der Waals surface area contributed by atoms with Crippen LogP contribution >= 0.6 is 0 Å². The summed E-state index contributed by atoms with van der Waals surface area (Å²) < 4.78 is 33.4. The second-order valence-corrected chi connectivity index (χ2v) is 6.97. The lowest BCUT2D eigenvalue weighted by molar-refractivity contribution is 0.483. The van der Waals surface area contributed by atoms with Crippen LogP contribution in [0.15, 0.2) is 66.9 Å². The zero-order valence-electron chi connectivity index (χ0n) is 13.4. The van der Waals surface area contributed by atoms with Crippen LogP contribution in [0.3, 0.4) is 0 Å². The lowest BCUT2D eigenvalue weighted by Gasteiger charge is -2.13. The molecule has 0 saturated carbocycles. The van der Waals surface area contributed by atoms with Gasteiger partial charge in [0.05, 0.1) is 11.2 Å². The van der Waals surface area contributed by atoms with Gasteiger partial charge in [0.15, 0.2) is 0 Å². The Labute approximate surface area is 149 Å². The number of hydrogen-bond donors (Lipinski definition) is 3. The van der Waals surface area contributed by atoms with E-state index in [1.165, 1.54) is 6.07 Å². The first-order valence-electron chi connectivity index (χ1n) is 7.78. The highest BCUT2D eigenvalue weighted by molar-refractivity contribution is 7.87. The summed E-state index contributed by atoms with van der Waals surface area (Å²) in [6.07, 6.45) is 1.71. The molecule has 0 unspecified atom stereocenters. The molecule has 0 atom stereocenters. The second kappa shape index (κ2) is 5.98. The summed E-state index contributed by atoms with van der Waals surface area (Å²) in [4.78, 5) is 4.33. The third-order valence-electron chi connectivity index (χ3n) is 4.21. The fourth-order valence-electron chi connectivity index (χ4n) is 3.13. The molecule has 26 heavy (non-hydrogen) atoms. The fourth-order valence-corrected chi connectivity index (χ4v) is 3.58. The van der Waals surface area contributed by atoms with Gasteiger partial charge in [-0.15, -0.1) is 0 Å². The molecule has 0 bridgehead atoms. The van der Waals surface area contributed by atoms with Gasteiger partial charge in [0.25, 0.3) is 0 Å². The Balaban J connectivity index is 1.97. The molecule has 0 fully saturated rings. The predicted molar refractivity (Wildman–Crippen MR) is 102 cm³/mol. The SMILES string of the molecule is O=S(=O)(O)Nc1cccc2c(O)c(-c3cccc4ncccc34)ccc12. The molecule has 1 aromatic heterocycles. The first kappa shape index (κ1) is 16.3. The van der Waals surface area contributed by atoms with Crippen LogP contribution in [-0.4, -0.2) is 23.1 Å². The molecule has 0 aliphatic carbocycles. The van der Waals surface area contributed by atoms with Crippen LogP contribution in [-0.2, 0) is 10.3 Å². The van der Waals surface area contributed by atoms with Crippen molar-refractivity contribution in [2.24, 2.45) is 0 Å². The number of phenolic OH excluding ortho intramolecular Hbond substituents is 1. The molecule has 4 aromatic rings. The maximum Gasteiger partial charge on any atom is 0.357 e. The van der Waals surface area contributed by atoms with Crippen LogP contribution in [0.1, 0.15) is 0 Å². The normalized spacial score (nSPS) is 11.7. The number of benzene rings is 3. The van der Waals surface area contributed by atoms with E-state index in [0.717, 1.165) is 16.5 Å². The summed E-state index contributed by atoms with van der Waals surface area (Å²) in [6.45, 7) is 0. The lowest BCUT2D eigenvalue weighted by Crippen LogP contribution is -2.10. The van der Waals surface area contributed by atoms with Crippen molar-refractivity contribution in [1.82, 2.24) is 4.98 Å². The first-order valence-corrected chi connectivity index (χ1v) is 9.22. The Hall–Kier alpha value is -3.16. The highest BCUT2D eigenvalue weighted by atomic mass is 32.2. The Bertz CT molecular complexity index is 1250. The minimum atomic E-state index is -4.41. The summed E-state index contributed by atoms with van der Waals surface area (Å²) in [5.74, 6) is 0.0258. The fraction of sp³-hybridized carbons (Fsp3) is 0. The number of fused-ring (bicyclic) bond motifs is 2. The highest BCUT2D eigenvalue weighted by Gasteiger charge is 2.14. The molecule has 3 N–H and O–H groups in total. The zero-order valence-corrected chi connectivity index (χ0v) is 14.2. The molecule has 7 heteroatoms. The van der Waals surface area contributed by atoms with Crippen molar-refractivity contribution in [3.8, 4) is 16.9 Å². The van der Waals surface area contributed by atoms with E-state index in [-0.39, 0.29) is 11.4 Å². The quantitative estimate of drug-likeness (QED) is 0.476. The molecule has 0 saturated heterocycles. The van der Waals surface area contributed by atoms with Gasteiger partial charge in [0.2, 0.25) is 0 Å². The highest BCUT2D eigenvalue weighted by Crippen LogP contribution is 2.40. The Morgan fingerprint density at radius 3 is 2.38 bits per heavy atom. The number of aromatic hydroxyl groups is 1. The van der Waals surface area contributed by atoms with E-state index in [0.29, 0.717) is 16.3 Å². The largest absolute Gasteiger partial charge is 0.507 e. The third kappa shape index (κ3) is 2.83. The van der Waals surface area contributed by atoms with Crippen molar-refractivity contribution >= 4 is 37.7 Å². The van der Waals surface area contributed by atoms with Crippen LogP contribution < -0.4 is 4.72 Å². The average molecular weight is 366 g/mol. The number of nitrogens with zero attached hydrogens (tertiary/aromatic N) is 1. The number of hydrogen-bond acceptors (Lipinski definition) is 4. The molecule has 0 amide bonds. The summed E-state index contributed by atoms with van der Waals surface area (Å²) in [5.41, 5.74) is 2.43. The van der Waals surface area contributed by atoms with Crippen LogP contribution in [0.2, 0.25) is 0 Å². The van der Waals surface area contributed by atoms with Gasteiger partial charge in [-0.25, -0.2) is 0 Å². The molecule has 0 spiro atoms. The number of aromatic nitrogens is 1. The van der Waals surface area contributed by atoms with E-state index < -0.39 is 10.3 Å². The standard InChI is InChI=1S/C19H14N2O4S/c22-19-15-5-2-8-18(21-26(23,24)25)14(15)9-10-16(19)12-4-1-7-17-13(12)6-3-11-20-17/h1-11,21-22H,(H,23,24,25). The van der Waals surface area contributed by atoms with Crippen molar-refractivity contribution in [3.05, 3.63) is 66.9 Å². The maximum absolute atomic E-state index is 11.1. The molecule has 3 aromatic carbocycles. The third-order valence-corrected chi connectivity index (χ3v) is 4.69. The molecular weight excluding hydrogens is 352 g/mol. The van der Waals surface area contributed by atoms with E-state index in [2.05, 4.69) is 4.98 Å². The minimum Gasteiger partial charge on any atom is -0.507 e. The van der Waals surface area contributed by atoms with Gasteiger partial charge in [-0.2, -0.15) is 8.42 Å². The number of anilines is 1. The Morgan fingerprint density at radius 2 is 1.58 bits per heavy atom. The lowest BCUT2D eigenvalue weighted by atomic mass is 9.96. The van der Waals surface area contributed by atoms with Crippen molar-refractivity contribution in [2.75, 3.05) is 4.72 Å². The van der Waals surface area contributed by atoms with E-state index in [1.807, 2.05) is 35.1 Å². The van der Waals surface area contributed by atoms with Crippen LogP contribution in [0, 0.1) is 0 Å². The zero-order chi connectivity index (χ0) is 18.3. The van der Waals surface area contributed by atoms with E-state index in [9.17, 15) is 13.5 Å². The van der Waals surface area contributed by atoms with Gasteiger partial charge in [-0.05, 0) is 29.8 Å². The van der Waals surface area contributed by atoms with Crippen molar-refractivity contribution in [1.29, 1.82) is 0 Å². The van der Waals surface area contributed by atoms with Crippen LogP contribution in [0.4, 0.5) is 5.69 Å². The van der Waals surface area contributed by atoms with Gasteiger partial charge in [-0.1, -0.05) is 36.4 Å². The van der Waals surface area contributed by atoms with E-state index >= 15 is 0 Å². The van der Waals surface area contributed by atoms with Crippen LogP contribution in [0.5, 0.6) is 5.75 Å². The summed E-state index contributed by atoms with van der Waals surface area (Å²) in [7, 11) is -4.41. The van der Waals surface area contributed by atoms with Gasteiger partial charge in [0, 0.05) is 27.9 Å². The molecule has 0 radical (unpaired) electrons. The van der Waals surface area contributed by atoms with Crippen LogP contribution in [0.25, 0.3) is 32.8 Å². The maximum atomic E-state index is 11.1. The molecule has 1 heterocycles. The van der Waals surface area contributed by atoms with Crippen molar-refractivity contribution < 1.29 is 18.1 Å². The molecule has 4 rings (SSSR count). The Morgan fingerprint density at radius 1 is 0.808 bits per heavy atom. The van der Waals surface area contributed by atoms with Gasteiger partial charge < -0.3 is 5.11 Å². The van der Waals surface area contributed by atoms with E-state index in [4.69, 9.17) is 4.55 Å². The monoisotopic (exact) mass is 366 g/mol. The predicted octanol–water partition coefficient (Wildman–Crippen LogP) is 3.98. The Kier molecular flexibility index (Phi) is 3.75. The van der Waals surface area contributed by atoms with E-state index in [1.54, 1.807) is 30.5 Å². The molecule has 130 valence electrons. The number of rotatable bonds is 3. The molecule has 0 aliphatic rings. The topological polar surface area (TPSA) is 99.5 Å². The molecule has 0 aliphatic heterocycles. The van der Waals surface area contributed by atoms with Gasteiger partial charge >= 0.3 is 10.3 Å². The summed E-state index contributed by atoms with van der Waals surface area (Å²) in [6, 6.07) is 17.6. The smallest absolute Gasteiger partial charge is 0.357 e. The average Bonchev–Trinajstić information content (AvgIpc) is 2.61. The number of phenols is 1. The first-order chi connectivity index (χ1) is 12.4. The van der Waals surface area contributed by atoms with Crippen molar-refractivity contribution in [3.63, 3.8) is 0 Å². The second-order valence-electron chi connectivity index (χ2n) is 5.82. The number of pyridine rings is 1. The molecular formula is C19H14N2O4S. The number of nitrogens with one attached hydrogen (secondary N) is 1.